The van der Waals surface area contributed by atoms with E-state index in [1.54, 1.807) is 24.3 Å². The molecule has 4 aromatic rings. The fourth-order valence-electron chi connectivity index (χ4n) is 3.32. The summed E-state index contributed by atoms with van der Waals surface area (Å²) in [6.45, 7) is 0.434. The number of hydrogen-bond acceptors (Lipinski definition) is 4. The topological polar surface area (TPSA) is 81.8 Å². The lowest BCUT2D eigenvalue weighted by atomic mass is 10.1. The molecule has 0 unspecified atom stereocenters. The fourth-order valence-corrected chi connectivity index (χ4v) is 3.51. The Balaban J connectivity index is 1.47. The van der Waals surface area contributed by atoms with Gasteiger partial charge in [-0.2, -0.15) is 18.3 Å². The number of nitrogens with zero attached hydrogens (tertiary/aromatic N) is 4. The van der Waals surface area contributed by atoms with E-state index in [4.69, 9.17) is 11.6 Å². The average molecular weight is 476 g/mol. The predicted octanol–water partition coefficient (Wildman–Crippen LogP) is 3.74. The number of amides is 1. The van der Waals surface area contributed by atoms with Gasteiger partial charge in [0.1, 0.15) is 11.7 Å². The van der Waals surface area contributed by atoms with Crippen molar-refractivity contribution >= 4 is 28.5 Å². The van der Waals surface area contributed by atoms with Crippen molar-refractivity contribution in [2.24, 2.45) is 0 Å². The van der Waals surface area contributed by atoms with E-state index in [0.717, 1.165) is 12.1 Å². The number of nitrogens with one attached hydrogen (secondary N) is 1. The summed E-state index contributed by atoms with van der Waals surface area (Å²) in [5.74, 6) is -0.301. The molecule has 0 radical (unpaired) electrons. The van der Waals surface area contributed by atoms with E-state index in [1.807, 2.05) is 0 Å². The lowest BCUT2D eigenvalue weighted by Gasteiger charge is -2.10. The van der Waals surface area contributed by atoms with Crippen LogP contribution in [0, 0.1) is 0 Å². The maximum atomic E-state index is 12.9. The molecule has 0 aliphatic heterocycles. The van der Waals surface area contributed by atoms with Gasteiger partial charge >= 0.3 is 6.18 Å². The van der Waals surface area contributed by atoms with Crippen LogP contribution in [0.3, 0.4) is 0 Å². The third-order valence-corrected chi connectivity index (χ3v) is 5.16. The molecule has 0 aliphatic carbocycles. The summed E-state index contributed by atoms with van der Waals surface area (Å²) in [5.41, 5.74) is -0.147. The van der Waals surface area contributed by atoms with Crippen molar-refractivity contribution in [1.82, 2.24) is 24.6 Å². The molecule has 0 fully saturated rings. The van der Waals surface area contributed by atoms with Gasteiger partial charge in [0, 0.05) is 17.1 Å². The molecule has 0 spiro atoms. The van der Waals surface area contributed by atoms with Crippen molar-refractivity contribution in [3.8, 4) is 0 Å². The number of aromatic nitrogens is 4. The second-order valence-corrected chi connectivity index (χ2v) is 7.68. The molecule has 0 saturated carbocycles. The van der Waals surface area contributed by atoms with Crippen LogP contribution in [-0.2, 0) is 19.3 Å². The van der Waals surface area contributed by atoms with Crippen LogP contribution in [-0.4, -0.2) is 31.8 Å². The number of hydrogen-bond donors (Lipinski definition) is 1. The molecular formula is C22H17ClF3N5O2. The maximum Gasteiger partial charge on any atom is 0.416 e. The largest absolute Gasteiger partial charge is 0.416 e. The van der Waals surface area contributed by atoms with Gasteiger partial charge < -0.3 is 5.32 Å². The van der Waals surface area contributed by atoms with Gasteiger partial charge in [0.15, 0.2) is 5.65 Å². The SMILES string of the molecule is O=C(NCCn1ncc2c(=O)n(Cc3cccc(C(F)(F)F)c3)cnc21)c1cccc(Cl)c1. The van der Waals surface area contributed by atoms with Crippen LogP contribution >= 0.6 is 11.6 Å². The Bertz CT molecular complexity index is 1380. The first kappa shape index (κ1) is 22.5. The van der Waals surface area contributed by atoms with Gasteiger partial charge in [0.25, 0.3) is 11.5 Å². The van der Waals surface area contributed by atoms with Gasteiger partial charge in [0.05, 0.1) is 24.8 Å². The molecule has 0 bridgehead atoms. The van der Waals surface area contributed by atoms with Crippen molar-refractivity contribution in [3.05, 3.63) is 93.1 Å². The smallest absolute Gasteiger partial charge is 0.350 e. The quantitative estimate of drug-likeness (QED) is 0.460. The average Bonchev–Trinajstić information content (AvgIpc) is 3.19. The Morgan fingerprint density at radius 2 is 1.91 bits per heavy atom. The Hall–Kier alpha value is -3.66. The summed E-state index contributed by atoms with van der Waals surface area (Å²) >= 11 is 5.89. The molecule has 2 aromatic carbocycles. The number of carbonyl (C=O) groups is 1. The van der Waals surface area contributed by atoms with Crippen molar-refractivity contribution in [2.45, 2.75) is 19.3 Å². The molecule has 1 amide bonds. The van der Waals surface area contributed by atoms with Gasteiger partial charge in [-0.05, 0) is 35.9 Å². The number of fused-ring (bicyclic) bond motifs is 1. The highest BCUT2D eigenvalue weighted by atomic mass is 35.5. The number of rotatable bonds is 6. The van der Waals surface area contributed by atoms with Gasteiger partial charge in [-0.15, -0.1) is 0 Å². The predicted molar refractivity (Wildman–Crippen MR) is 116 cm³/mol. The summed E-state index contributed by atoms with van der Waals surface area (Å²) in [4.78, 5) is 29.2. The third-order valence-electron chi connectivity index (χ3n) is 4.93. The summed E-state index contributed by atoms with van der Waals surface area (Å²) < 4.78 is 41.5. The minimum absolute atomic E-state index is 0.0629. The third kappa shape index (κ3) is 5.06. The Labute approximate surface area is 190 Å². The van der Waals surface area contributed by atoms with Crippen LogP contribution in [0.25, 0.3) is 11.0 Å². The maximum absolute atomic E-state index is 12.9. The van der Waals surface area contributed by atoms with E-state index in [1.165, 1.54) is 33.9 Å². The molecule has 2 heterocycles. The lowest BCUT2D eigenvalue weighted by molar-refractivity contribution is -0.137. The first-order valence-electron chi connectivity index (χ1n) is 9.83. The molecule has 33 heavy (non-hydrogen) atoms. The number of alkyl halides is 3. The summed E-state index contributed by atoms with van der Waals surface area (Å²) in [6.07, 6.45) is -1.84. The molecule has 1 N–H and O–H groups in total. The van der Waals surface area contributed by atoms with Crippen LogP contribution in [0.15, 0.2) is 65.8 Å². The van der Waals surface area contributed by atoms with E-state index in [9.17, 15) is 22.8 Å². The van der Waals surface area contributed by atoms with E-state index in [2.05, 4.69) is 15.4 Å². The summed E-state index contributed by atoms with van der Waals surface area (Å²) in [5, 5.41) is 7.58. The Morgan fingerprint density at radius 3 is 2.67 bits per heavy atom. The van der Waals surface area contributed by atoms with Gasteiger partial charge in [0.2, 0.25) is 0 Å². The second kappa shape index (κ2) is 9.07. The molecule has 4 rings (SSSR count). The molecule has 170 valence electrons. The highest BCUT2D eigenvalue weighted by Crippen LogP contribution is 2.29. The summed E-state index contributed by atoms with van der Waals surface area (Å²) in [7, 11) is 0. The van der Waals surface area contributed by atoms with Gasteiger partial charge in [-0.25, -0.2) is 9.67 Å². The highest BCUT2D eigenvalue weighted by molar-refractivity contribution is 6.30. The molecule has 0 saturated heterocycles. The molecule has 7 nitrogen and oxygen atoms in total. The standard InChI is InChI=1S/C22H17ClF3N5O2/c23-17-6-2-4-15(10-17)20(32)27-7-8-31-19-18(11-29-31)21(33)30(13-28-19)12-14-3-1-5-16(9-14)22(24,25)26/h1-6,9-11,13H,7-8,12H2,(H,27,32). The van der Waals surface area contributed by atoms with Crippen LogP contribution in [0.2, 0.25) is 5.02 Å². The monoisotopic (exact) mass is 475 g/mol. The van der Waals surface area contributed by atoms with E-state index < -0.39 is 17.3 Å². The minimum Gasteiger partial charge on any atom is -0.350 e. The Kier molecular flexibility index (Phi) is 6.19. The van der Waals surface area contributed by atoms with Crippen molar-refractivity contribution in [3.63, 3.8) is 0 Å². The number of halogens is 4. The first-order chi connectivity index (χ1) is 15.7. The van der Waals surface area contributed by atoms with Crippen LogP contribution < -0.4 is 10.9 Å². The minimum atomic E-state index is -4.47. The zero-order valence-electron chi connectivity index (χ0n) is 17.0. The van der Waals surface area contributed by atoms with Gasteiger partial charge in [-0.3, -0.25) is 14.2 Å². The van der Waals surface area contributed by atoms with Gasteiger partial charge in [-0.1, -0.05) is 29.8 Å². The fraction of sp³-hybridized carbons (Fsp3) is 0.182. The molecule has 2 aromatic heterocycles. The normalized spacial score (nSPS) is 11.6. The highest BCUT2D eigenvalue weighted by Gasteiger charge is 2.30. The molecule has 0 aliphatic rings. The Morgan fingerprint density at radius 1 is 1.12 bits per heavy atom. The van der Waals surface area contributed by atoms with E-state index in [-0.39, 0.29) is 30.9 Å². The summed E-state index contributed by atoms with van der Waals surface area (Å²) in [6, 6.07) is 11.3. The van der Waals surface area contributed by atoms with Crippen LogP contribution in [0.1, 0.15) is 21.5 Å². The van der Waals surface area contributed by atoms with Crippen molar-refractivity contribution < 1.29 is 18.0 Å². The zero-order chi connectivity index (χ0) is 23.6. The van der Waals surface area contributed by atoms with Crippen LogP contribution in [0.4, 0.5) is 13.2 Å². The number of carbonyl (C=O) groups excluding carboxylic acids is 1. The lowest BCUT2D eigenvalue weighted by Crippen LogP contribution is -2.27. The first-order valence-corrected chi connectivity index (χ1v) is 10.2. The van der Waals surface area contributed by atoms with E-state index >= 15 is 0 Å². The van der Waals surface area contributed by atoms with Crippen LogP contribution in [0.5, 0.6) is 0 Å². The second-order valence-electron chi connectivity index (χ2n) is 7.25. The molecule has 11 heteroatoms. The van der Waals surface area contributed by atoms with E-state index in [0.29, 0.717) is 21.8 Å². The zero-order valence-corrected chi connectivity index (χ0v) is 17.8. The number of benzene rings is 2. The van der Waals surface area contributed by atoms with Crippen molar-refractivity contribution in [1.29, 1.82) is 0 Å². The molecular weight excluding hydrogens is 459 g/mol. The molecule has 0 atom stereocenters. The van der Waals surface area contributed by atoms with Crippen molar-refractivity contribution in [2.75, 3.05) is 6.54 Å².